The molecule has 1 aromatic carbocycles. The number of aliphatic hydroxyl groups is 1. The van der Waals surface area contributed by atoms with Crippen LogP contribution in [0.1, 0.15) is 12.8 Å². The molecule has 0 aliphatic carbocycles. The van der Waals surface area contributed by atoms with Crippen molar-refractivity contribution in [3.63, 3.8) is 0 Å². The first kappa shape index (κ1) is 14.5. The molecule has 7 nitrogen and oxygen atoms in total. The number of hydrogen-bond acceptors (Lipinski definition) is 6. The largest absolute Gasteiger partial charge is 0.493 e. The number of nitro benzene ring substituents is 1. The Hall–Kier alpha value is -1.86. The summed E-state index contributed by atoms with van der Waals surface area (Å²) < 4.78 is 15.8. The summed E-state index contributed by atoms with van der Waals surface area (Å²) in [5.41, 5.74) is -0.996. The highest BCUT2D eigenvalue weighted by Gasteiger charge is 2.31. The topological polar surface area (TPSA) is 91.1 Å². The van der Waals surface area contributed by atoms with Crippen molar-refractivity contribution in [1.29, 1.82) is 0 Å². The van der Waals surface area contributed by atoms with Gasteiger partial charge in [0.15, 0.2) is 11.5 Å². The Balaban J connectivity index is 2.07. The van der Waals surface area contributed by atoms with Gasteiger partial charge in [-0.15, -0.1) is 0 Å². The minimum Gasteiger partial charge on any atom is -0.493 e. The first-order chi connectivity index (χ1) is 9.54. The lowest BCUT2D eigenvalue weighted by Crippen LogP contribution is -2.41. The fourth-order valence-corrected chi connectivity index (χ4v) is 2.00. The van der Waals surface area contributed by atoms with E-state index >= 15 is 0 Å². The van der Waals surface area contributed by atoms with Crippen LogP contribution in [0.4, 0.5) is 5.69 Å². The normalized spacial score (nSPS) is 17.5. The van der Waals surface area contributed by atoms with Crippen molar-refractivity contribution >= 4 is 5.69 Å². The Morgan fingerprint density at radius 3 is 2.70 bits per heavy atom. The third kappa shape index (κ3) is 3.37. The fraction of sp³-hybridized carbons (Fsp3) is 0.538. The van der Waals surface area contributed by atoms with Gasteiger partial charge in [-0.25, -0.2) is 0 Å². The maximum Gasteiger partial charge on any atom is 0.273 e. The van der Waals surface area contributed by atoms with Gasteiger partial charge < -0.3 is 19.3 Å². The van der Waals surface area contributed by atoms with Crippen molar-refractivity contribution < 1.29 is 24.2 Å². The van der Waals surface area contributed by atoms with Gasteiger partial charge in [0.05, 0.1) is 18.1 Å². The van der Waals surface area contributed by atoms with Gasteiger partial charge in [-0.2, -0.15) is 0 Å². The number of rotatable bonds is 5. The Kier molecular flexibility index (Phi) is 4.41. The van der Waals surface area contributed by atoms with E-state index in [0.29, 0.717) is 31.8 Å². The minimum absolute atomic E-state index is 0.0704. The third-order valence-electron chi connectivity index (χ3n) is 3.28. The van der Waals surface area contributed by atoms with Crippen LogP contribution in [0.15, 0.2) is 18.2 Å². The van der Waals surface area contributed by atoms with Crippen LogP contribution in [0.5, 0.6) is 11.5 Å². The van der Waals surface area contributed by atoms with Crippen molar-refractivity contribution in [2.24, 2.45) is 0 Å². The minimum atomic E-state index is -0.926. The lowest BCUT2D eigenvalue weighted by Gasteiger charge is -2.31. The smallest absolute Gasteiger partial charge is 0.273 e. The van der Waals surface area contributed by atoms with Crippen molar-refractivity contribution in [2.45, 2.75) is 18.4 Å². The van der Waals surface area contributed by atoms with Gasteiger partial charge in [-0.05, 0) is 6.07 Å². The molecule has 7 heteroatoms. The van der Waals surface area contributed by atoms with Crippen molar-refractivity contribution in [1.82, 2.24) is 0 Å². The molecular formula is C13H17NO6. The number of methoxy groups -OCH3 is 1. The Morgan fingerprint density at radius 1 is 1.40 bits per heavy atom. The SMILES string of the molecule is COc1cc([N+](=O)[O-])ccc1OCC1(O)CCOCC1. The van der Waals surface area contributed by atoms with E-state index < -0.39 is 10.5 Å². The molecule has 0 atom stereocenters. The van der Waals surface area contributed by atoms with Gasteiger partial charge in [-0.1, -0.05) is 0 Å². The summed E-state index contributed by atoms with van der Waals surface area (Å²) in [6.45, 7) is 1.10. The van der Waals surface area contributed by atoms with Gasteiger partial charge in [0, 0.05) is 32.1 Å². The highest BCUT2D eigenvalue weighted by Crippen LogP contribution is 2.32. The van der Waals surface area contributed by atoms with Crippen LogP contribution in [0, 0.1) is 10.1 Å². The molecule has 110 valence electrons. The van der Waals surface area contributed by atoms with Crippen LogP contribution in [0.3, 0.4) is 0 Å². The third-order valence-corrected chi connectivity index (χ3v) is 3.28. The molecule has 0 radical (unpaired) electrons. The second-order valence-corrected chi connectivity index (χ2v) is 4.72. The summed E-state index contributed by atoms with van der Waals surface area (Å²) in [4.78, 5) is 10.2. The van der Waals surface area contributed by atoms with Crippen LogP contribution in [-0.4, -0.2) is 42.6 Å². The van der Waals surface area contributed by atoms with Crippen LogP contribution in [-0.2, 0) is 4.74 Å². The van der Waals surface area contributed by atoms with Crippen LogP contribution in [0.25, 0.3) is 0 Å². The zero-order chi connectivity index (χ0) is 14.6. The van der Waals surface area contributed by atoms with Gasteiger partial charge in [0.25, 0.3) is 5.69 Å². The molecule has 0 unspecified atom stereocenters. The molecule has 1 aromatic rings. The standard InChI is InChI=1S/C13H17NO6/c1-18-12-8-10(14(16)17)2-3-11(12)20-9-13(15)4-6-19-7-5-13/h2-3,8,15H,4-7,9H2,1H3. The monoisotopic (exact) mass is 283 g/mol. The van der Waals surface area contributed by atoms with E-state index in [0.717, 1.165) is 0 Å². The quantitative estimate of drug-likeness (QED) is 0.650. The Morgan fingerprint density at radius 2 is 2.10 bits per heavy atom. The molecule has 1 aliphatic heterocycles. The van der Waals surface area contributed by atoms with Gasteiger partial charge >= 0.3 is 0 Å². The zero-order valence-corrected chi connectivity index (χ0v) is 11.2. The number of hydrogen-bond donors (Lipinski definition) is 1. The van der Waals surface area contributed by atoms with E-state index in [9.17, 15) is 15.2 Å². The number of non-ortho nitro benzene ring substituents is 1. The number of nitrogens with zero attached hydrogens (tertiary/aromatic N) is 1. The number of benzene rings is 1. The summed E-state index contributed by atoms with van der Waals surface area (Å²) in [6.07, 6.45) is 1.00. The molecule has 1 heterocycles. The Labute approximate surface area is 116 Å². The maximum absolute atomic E-state index is 10.7. The van der Waals surface area contributed by atoms with Gasteiger partial charge in [0.2, 0.25) is 0 Å². The highest BCUT2D eigenvalue weighted by molar-refractivity contribution is 5.48. The summed E-state index contributed by atoms with van der Waals surface area (Å²) in [5.74, 6) is 0.646. The van der Waals surface area contributed by atoms with E-state index in [1.165, 1.54) is 25.3 Å². The molecule has 0 spiro atoms. The average molecular weight is 283 g/mol. The fourth-order valence-electron chi connectivity index (χ4n) is 2.00. The second kappa shape index (κ2) is 6.06. The molecular weight excluding hydrogens is 266 g/mol. The van der Waals surface area contributed by atoms with Crippen LogP contribution >= 0.6 is 0 Å². The van der Waals surface area contributed by atoms with E-state index in [2.05, 4.69) is 0 Å². The van der Waals surface area contributed by atoms with Crippen molar-refractivity contribution in [3.05, 3.63) is 28.3 Å². The molecule has 1 saturated heterocycles. The molecule has 1 aliphatic rings. The molecule has 2 rings (SSSR count). The first-order valence-electron chi connectivity index (χ1n) is 6.29. The molecule has 0 bridgehead atoms. The predicted octanol–water partition coefficient (Wildman–Crippen LogP) is 1.52. The summed E-state index contributed by atoms with van der Waals surface area (Å²) >= 11 is 0. The number of nitro groups is 1. The summed E-state index contributed by atoms with van der Waals surface area (Å²) in [7, 11) is 1.41. The number of ether oxygens (including phenoxy) is 3. The summed E-state index contributed by atoms with van der Waals surface area (Å²) in [6, 6.07) is 4.11. The van der Waals surface area contributed by atoms with Crippen molar-refractivity contribution in [2.75, 3.05) is 26.9 Å². The zero-order valence-electron chi connectivity index (χ0n) is 11.2. The lowest BCUT2D eigenvalue weighted by molar-refractivity contribution is -0.385. The van der Waals surface area contributed by atoms with Crippen LogP contribution in [0.2, 0.25) is 0 Å². The summed E-state index contributed by atoms with van der Waals surface area (Å²) in [5, 5.41) is 21.0. The maximum atomic E-state index is 10.7. The molecule has 1 N–H and O–H groups in total. The average Bonchev–Trinajstić information content (AvgIpc) is 2.45. The van der Waals surface area contributed by atoms with E-state index in [1.807, 2.05) is 0 Å². The molecule has 0 aromatic heterocycles. The highest BCUT2D eigenvalue weighted by atomic mass is 16.6. The van der Waals surface area contributed by atoms with E-state index in [4.69, 9.17) is 14.2 Å². The lowest BCUT2D eigenvalue weighted by atomic mass is 9.96. The first-order valence-corrected chi connectivity index (χ1v) is 6.29. The van der Waals surface area contributed by atoms with Gasteiger partial charge in [0.1, 0.15) is 12.2 Å². The second-order valence-electron chi connectivity index (χ2n) is 4.72. The molecule has 20 heavy (non-hydrogen) atoms. The van der Waals surface area contributed by atoms with E-state index in [-0.39, 0.29) is 18.0 Å². The molecule has 0 amide bonds. The Bertz CT molecular complexity index is 484. The molecule has 0 saturated carbocycles. The van der Waals surface area contributed by atoms with Crippen LogP contribution < -0.4 is 9.47 Å². The van der Waals surface area contributed by atoms with E-state index in [1.54, 1.807) is 0 Å². The van der Waals surface area contributed by atoms with Gasteiger partial charge in [-0.3, -0.25) is 10.1 Å². The predicted molar refractivity (Wildman–Crippen MR) is 70.1 cm³/mol. The molecule has 1 fully saturated rings. The van der Waals surface area contributed by atoms with Crippen molar-refractivity contribution in [3.8, 4) is 11.5 Å².